The number of nitrogens with zero attached hydrogens (tertiary/aromatic N) is 1. The Bertz CT molecular complexity index is 579. The molecule has 0 saturated carbocycles. The Labute approximate surface area is 118 Å². The Morgan fingerprint density at radius 1 is 1.20 bits per heavy atom. The molecule has 20 heavy (non-hydrogen) atoms. The van der Waals surface area contributed by atoms with Crippen molar-refractivity contribution >= 4 is 5.97 Å². The molecule has 2 N–H and O–H groups in total. The van der Waals surface area contributed by atoms with Gasteiger partial charge in [0.25, 0.3) is 0 Å². The number of carboxylic acid groups (broad SMARTS) is 1. The number of hydrogen-bond donors (Lipinski definition) is 2. The summed E-state index contributed by atoms with van der Waals surface area (Å²) in [4.78, 5) is 14.6. The van der Waals surface area contributed by atoms with Crippen molar-refractivity contribution in [2.75, 3.05) is 6.54 Å². The van der Waals surface area contributed by atoms with Crippen LogP contribution in [0.25, 0.3) is 11.1 Å². The lowest BCUT2D eigenvalue weighted by molar-refractivity contribution is -0.136. The van der Waals surface area contributed by atoms with Crippen molar-refractivity contribution in [1.29, 1.82) is 0 Å². The third-order valence-electron chi connectivity index (χ3n) is 3.01. The molecule has 0 saturated heterocycles. The highest BCUT2D eigenvalue weighted by Crippen LogP contribution is 2.19. The first-order valence-electron chi connectivity index (χ1n) is 6.58. The maximum atomic E-state index is 10.4. The average Bonchev–Trinajstić information content (AvgIpc) is 2.44. The van der Waals surface area contributed by atoms with Crippen LogP contribution < -0.4 is 5.32 Å². The lowest BCUT2D eigenvalue weighted by Gasteiger charge is -2.06. The van der Waals surface area contributed by atoms with Crippen molar-refractivity contribution in [3.63, 3.8) is 0 Å². The van der Waals surface area contributed by atoms with Gasteiger partial charge in [-0.25, -0.2) is 0 Å². The van der Waals surface area contributed by atoms with Crippen molar-refractivity contribution in [2.24, 2.45) is 0 Å². The molecule has 4 nitrogen and oxygen atoms in total. The lowest BCUT2D eigenvalue weighted by atomic mass is 10.0. The van der Waals surface area contributed by atoms with Crippen molar-refractivity contribution in [3.05, 3.63) is 53.9 Å². The number of aliphatic carboxylic acids is 1. The molecule has 2 aromatic rings. The maximum absolute atomic E-state index is 10.4. The van der Waals surface area contributed by atoms with E-state index in [1.807, 2.05) is 31.5 Å². The maximum Gasteiger partial charge on any atom is 0.304 e. The standard InChI is InChI=1S/C16H18N2O2/c1-12-8-15(11-18-9-12)14-4-2-13(3-5-14)10-17-7-6-16(19)20/h2-5,8-9,11,17H,6-7,10H2,1H3,(H,19,20). The summed E-state index contributed by atoms with van der Waals surface area (Å²) < 4.78 is 0. The van der Waals surface area contributed by atoms with Crippen molar-refractivity contribution in [2.45, 2.75) is 19.9 Å². The first-order valence-corrected chi connectivity index (χ1v) is 6.58. The molecule has 0 fully saturated rings. The second kappa shape index (κ2) is 6.82. The fourth-order valence-corrected chi connectivity index (χ4v) is 1.96. The number of pyridine rings is 1. The van der Waals surface area contributed by atoms with Crippen LogP contribution in [0.5, 0.6) is 0 Å². The van der Waals surface area contributed by atoms with Crippen LogP contribution in [0, 0.1) is 6.92 Å². The van der Waals surface area contributed by atoms with Gasteiger partial charge in [-0.15, -0.1) is 0 Å². The number of nitrogens with one attached hydrogen (secondary N) is 1. The number of aryl methyl sites for hydroxylation is 1. The number of aromatic nitrogens is 1. The fraction of sp³-hybridized carbons (Fsp3) is 0.250. The molecule has 0 spiro atoms. The van der Waals surface area contributed by atoms with Crippen LogP contribution in [0.4, 0.5) is 0 Å². The van der Waals surface area contributed by atoms with Crippen LogP contribution in [0.15, 0.2) is 42.7 Å². The van der Waals surface area contributed by atoms with E-state index in [0.717, 1.165) is 22.3 Å². The third-order valence-corrected chi connectivity index (χ3v) is 3.01. The van der Waals surface area contributed by atoms with E-state index in [4.69, 9.17) is 5.11 Å². The minimum absolute atomic E-state index is 0.146. The largest absolute Gasteiger partial charge is 0.481 e. The van der Waals surface area contributed by atoms with Gasteiger partial charge >= 0.3 is 5.97 Å². The van der Waals surface area contributed by atoms with Gasteiger partial charge in [-0.2, -0.15) is 0 Å². The smallest absolute Gasteiger partial charge is 0.304 e. The molecular weight excluding hydrogens is 252 g/mol. The van der Waals surface area contributed by atoms with E-state index in [1.165, 1.54) is 0 Å². The van der Waals surface area contributed by atoms with E-state index in [0.29, 0.717) is 13.1 Å². The van der Waals surface area contributed by atoms with Gasteiger partial charge in [0.05, 0.1) is 6.42 Å². The molecule has 1 heterocycles. The van der Waals surface area contributed by atoms with E-state index in [9.17, 15) is 4.79 Å². The number of rotatable bonds is 6. The Hall–Kier alpha value is -2.20. The van der Waals surface area contributed by atoms with Crippen LogP contribution in [-0.2, 0) is 11.3 Å². The van der Waals surface area contributed by atoms with Gasteiger partial charge < -0.3 is 10.4 Å². The second-order valence-electron chi connectivity index (χ2n) is 4.77. The molecule has 0 radical (unpaired) electrons. The monoisotopic (exact) mass is 270 g/mol. The number of carbonyl (C=O) groups is 1. The van der Waals surface area contributed by atoms with Crippen LogP contribution >= 0.6 is 0 Å². The fourth-order valence-electron chi connectivity index (χ4n) is 1.96. The lowest BCUT2D eigenvalue weighted by Crippen LogP contribution is -2.17. The molecule has 0 aliphatic carbocycles. The van der Waals surface area contributed by atoms with Gasteiger partial charge in [-0.3, -0.25) is 9.78 Å². The molecule has 0 bridgehead atoms. The van der Waals surface area contributed by atoms with E-state index < -0.39 is 5.97 Å². The molecule has 104 valence electrons. The van der Waals surface area contributed by atoms with Gasteiger partial charge in [0.2, 0.25) is 0 Å². The molecule has 0 aliphatic heterocycles. The molecule has 0 amide bonds. The van der Waals surface area contributed by atoms with Crippen molar-refractivity contribution in [1.82, 2.24) is 10.3 Å². The van der Waals surface area contributed by atoms with Gasteiger partial charge in [0, 0.05) is 31.0 Å². The topological polar surface area (TPSA) is 62.2 Å². The zero-order chi connectivity index (χ0) is 14.4. The van der Waals surface area contributed by atoms with Gasteiger partial charge in [-0.05, 0) is 29.7 Å². The highest BCUT2D eigenvalue weighted by Gasteiger charge is 2.00. The van der Waals surface area contributed by atoms with E-state index >= 15 is 0 Å². The summed E-state index contributed by atoms with van der Waals surface area (Å²) in [6.45, 7) is 3.19. The summed E-state index contributed by atoms with van der Waals surface area (Å²) in [6, 6.07) is 10.3. The Balaban J connectivity index is 1.94. The molecule has 0 unspecified atom stereocenters. The van der Waals surface area contributed by atoms with Gasteiger partial charge in [0.1, 0.15) is 0 Å². The first kappa shape index (κ1) is 14.2. The molecule has 0 atom stereocenters. The number of benzene rings is 1. The summed E-state index contributed by atoms with van der Waals surface area (Å²) in [5.41, 5.74) is 4.52. The minimum atomic E-state index is -0.778. The summed E-state index contributed by atoms with van der Waals surface area (Å²) in [6.07, 6.45) is 3.84. The summed E-state index contributed by atoms with van der Waals surface area (Å²) >= 11 is 0. The zero-order valence-electron chi connectivity index (χ0n) is 11.5. The normalized spacial score (nSPS) is 10.4. The summed E-state index contributed by atoms with van der Waals surface area (Å²) in [5, 5.41) is 11.7. The predicted molar refractivity (Wildman–Crippen MR) is 78.4 cm³/mol. The highest BCUT2D eigenvalue weighted by molar-refractivity contribution is 5.66. The number of hydrogen-bond acceptors (Lipinski definition) is 3. The average molecular weight is 270 g/mol. The van der Waals surface area contributed by atoms with Crippen LogP contribution in [-0.4, -0.2) is 22.6 Å². The second-order valence-corrected chi connectivity index (χ2v) is 4.77. The highest BCUT2D eigenvalue weighted by atomic mass is 16.4. The molecule has 1 aromatic heterocycles. The minimum Gasteiger partial charge on any atom is -0.481 e. The van der Waals surface area contributed by atoms with Crippen LogP contribution in [0.3, 0.4) is 0 Å². The van der Waals surface area contributed by atoms with Gasteiger partial charge in [-0.1, -0.05) is 24.3 Å². The van der Waals surface area contributed by atoms with Crippen molar-refractivity contribution < 1.29 is 9.90 Å². The molecule has 0 aliphatic rings. The van der Waals surface area contributed by atoms with E-state index in [-0.39, 0.29) is 6.42 Å². The van der Waals surface area contributed by atoms with Crippen LogP contribution in [0.1, 0.15) is 17.5 Å². The van der Waals surface area contributed by atoms with Gasteiger partial charge in [0.15, 0.2) is 0 Å². The van der Waals surface area contributed by atoms with Crippen LogP contribution in [0.2, 0.25) is 0 Å². The Morgan fingerprint density at radius 3 is 2.60 bits per heavy atom. The Morgan fingerprint density at radius 2 is 1.95 bits per heavy atom. The first-order chi connectivity index (χ1) is 9.65. The van der Waals surface area contributed by atoms with Crippen molar-refractivity contribution in [3.8, 4) is 11.1 Å². The molecule has 1 aromatic carbocycles. The molecule has 2 rings (SSSR count). The zero-order valence-corrected chi connectivity index (χ0v) is 11.5. The van der Waals surface area contributed by atoms with E-state index in [2.05, 4.69) is 28.5 Å². The quantitative estimate of drug-likeness (QED) is 0.792. The summed E-state index contributed by atoms with van der Waals surface area (Å²) in [5.74, 6) is -0.778. The summed E-state index contributed by atoms with van der Waals surface area (Å²) in [7, 11) is 0. The predicted octanol–water partition coefficient (Wildman–Crippen LogP) is 2.62. The molecular formula is C16H18N2O2. The molecule has 4 heteroatoms. The van der Waals surface area contributed by atoms with E-state index in [1.54, 1.807) is 0 Å². The third kappa shape index (κ3) is 4.17. The number of carboxylic acids is 1. The SMILES string of the molecule is Cc1cncc(-c2ccc(CNCCC(=O)O)cc2)c1. The Kier molecular flexibility index (Phi) is 4.85.